The van der Waals surface area contributed by atoms with Crippen LogP contribution in [0.3, 0.4) is 0 Å². The molecule has 1 saturated carbocycles. The van der Waals surface area contributed by atoms with Crippen molar-refractivity contribution in [2.75, 3.05) is 13.2 Å². The summed E-state index contributed by atoms with van der Waals surface area (Å²) in [6.07, 6.45) is 0.132. The Balaban J connectivity index is 2.03. The fraction of sp³-hybridized carbons (Fsp3) is 1.00. The highest BCUT2D eigenvalue weighted by molar-refractivity contribution is 4.90. The van der Waals surface area contributed by atoms with E-state index in [0.29, 0.717) is 19.4 Å². The maximum absolute atomic E-state index is 13.0. The molecular formula is C13H22F3NO. The van der Waals surface area contributed by atoms with Gasteiger partial charge in [-0.25, -0.2) is 0 Å². The summed E-state index contributed by atoms with van der Waals surface area (Å²) in [4.78, 5) is 0. The molecule has 2 N–H and O–H groups in total. The molecule has 2 rings (SSSR count). The van der Waals surface area contributed by atoms with Gasteiger partial charge in [0.15, 0.2) is 0 Å². The van der Waals surface area contributed by atoms with E-state index in [0.717, 1.165) is 25.9 Å². The third-order valence-corrected chi connectivity index (χ3v) is 4.47. The first kappa shape index (κ1) is 14.1. The molecule has 106 valence electrons. The minimum atomic E-state index is -4.10. The molecular weight excluding hydrogens is 243 g/mol. The maximum Gasteiger partial charge on any atom is 0.392 e. The second-order valence-corrected chi connectivity index (χ2v) is 5.65. The number of hydrogen-bond acceptors (Lipinski definition) is 2. The van der Waals surface area contributed by atoms with Gasteiger partial charge in [-0.05, 0) is 37.5 Å². The molecule has 0 aromatic heterocycles. The SMILES string of the molecule is NC(C1CCCOC1)C1CCCCC1C(F)(F)F. The van der Waals surface area contributed by atoms with Crippen molar-refractivity contribution in [2.45, 2.75) is 50.7 Å². The molecule has 0 spiro atoms. The van der Waals surface area contributed by atoms with E-state index in [1.54, 1.807) is 0 Å². The number of nitrogens with two attached hydrogens (primary N) is 1. The van der Waals surface area contributed by atoms with Crippen LogP contribution in [0.25, 0.3) is 0 Å². The highest BCUT2D eigenvalue weighted by atomic mass is 19.4. The minimum Gasteiger partial charge on any atom is -0.381 e. The molecule has 1 heterocycles. The molecule has 0 aromatic carbocycles. The lowest BCUT2D eigenvalue weighted by atomic mass is 9.71. The quantitative estimate of drug-likeness (QED) is 0.832. The summed E-state index contributed by atoms with van der Waals surface area (Å²) in [7, 11) is 0. The zero-order valence-electron chi connectivity index (χ0n) is 10.6. The van der Waals surface area contributed by atoms with Gasteiger partial charge in [-0.1, -0.05) is 12.8 Å². The summed E-state index contributed by atoms with van der Waals surface area (Å²) >= 11 is 0. The average Bonchev–Trinajstić information content (AvgIpc) is 2.38. The Morgan fingerprint density at radius 3 is 2.39 bits per heavy atom. The molecule has 2 aliphatic rings. The molecule has 2 nitrogen and oxygen atoms in total. The summed E-state index contributed by atoms with van der Waals surface area (Å²) in [6, 6.07) is -0.364. The Morgan fingerprint density at radius 1 is 1.06 bits per heavy atom. The summed E-state index contributed by atoms with van der Waals surface area (Å²) in [6.45, 7) is 1.25. The first-order chi connectivity index (χ1) is 8.50. The van der Waals surface area contributed by atoms with Gasteiger partial charge in [0.1, 0.15) is 0 Å². The van der Waals surface area contributed by atoms with Gasteiger partial charge in [-0.3, -0.25) is 0 Å². The summed E-state index contributed by atoms with van der Waals surface area (Å²) < 4.78 is 44.4. The first-order valence-corrected chi connectivity index (χ1v) is 6.90. The van der Waals surface area contributed by atoms with Crippen molar-refractivity contribution in [1.29, 1.82) is 0 Å². The van der Waals surface area contributed by atoms with Crippen LogP contribution in [0.5, 0.6) is 0 Å². The molecule has 1 saturated heterocycles. The number of halogens is 3. The highest BCUT2D eigenvalue weighted by Crippen LogP contribution is 2.44. The van der Waals surface area contributed by atoms with Crippen molar-refractivity contribution >= 4 is 0 Å². The zero-order chi connectivity index (χ0) is 13.2. The van der Waals surface area contributed by atoms with Crippen molar-refractivity contribution in [3.8, 4) is 0 Å². The van der Waals surface area contributed by atoms with Gasteiger partial charge in [-0.15, -0.1) is 0 Å². The van der Waals surface area contributed by atoms with E-state index in [2.05, 4.69) is 0 Å². The molecule has 0 bridgehead atoms. The lowest BCUT2D eigenvalue weighted by Gasteiger charge is -2.40. The lowest BCUT2D eigenvalue weighted by molar-refractivity contribution is -0.200. The smallest absolute Gasteiger partial charge is 0.381 e. The van der Waals surface area contributed by atoms with Gasteiger partial charge in [0, 0.05) is 12.6 Å². The van der Waals surface area contributed by atoms with Crippen molar-refractivity contribution in [3.63, 3.8) is 0 Å². The van der Waals surface area contributed by atoms with Gasteiger partial charge in [0.05, 0.1) is 12.5 Å². The van der Waals surface area contributed by atoms with Crippen LogP contribution in [0.1, 0.15) is 38.5 Å². The highest BCUT2D eigenvalue weighted by Gasteiger charge is 2.48. The number of rotatable bonds is 2. The number of hydrogen-bond donors (Lipinski definition) is 1. The summed E-state index contributed by atoms with van der Waals surface area (Å²) in [5, 5.41) is 0. The maximum atomic E-state index is 13.0. The van der Waals surface area contributed by atoms with E-state index in [1.807, 2.05) is 0 Å². The van der Waals surface area contributed by atoms with Crippen LogP contribution in [-0.4, -0.2) is 25.4 Å². The molecule has 4 atom stereocenters. The Kier molecular flexibility index (Phi) is 4.54. The van der Waals surface area contributed by atoms with E-state index >= 15 is 0 Å². The Hall–Kier alpha value is -0.290. The van der Waals surface area contributed by atoms with Crippen molar-refractivity contribution < 1.29 is 17.9 Å². The van der Waals surface area contributed by atoms with E-state index in [-0.39, 0.29) is 18.4 Å². The van der Waals surface area contributed by atoms with Crippen LogP contribution in [0, 0.1) is 17.8 Å². The largest absolute Gasteiger partial charge is 0.392 e. The van der Waals surface area contributed by atoms with E-state index < -0.39 is 18.0 Å². The topological polar surface area (TPSA) is 35.2 Å². The van der Waals surface area contributed by atoms with Gasteiger partial charge in [0.2, 0.25) is 0 Å². The summed E-state index contributed by atoms with van der Waals surface area (Å²) in [5.74, 6) is -1.51. The molecule has 0 amide bonds. The predicted molar refractivity (Wildman–Crippen MR) is 63.0 cm³/mol. The molecule has 5 heteroatoms. The van der Waals surface area contributed by atoms with Gasteiger partial charge in [-0.2, -0.15) is 13.2 Å². The average molecular weight is 265 g/mol. The van der Waals surface area contributed by atoms with Crippen LogP contribution < -0.4 is 5.73 Å². The normalized spacial score (nSPS) is 36.3. The minimum absolute atomic E-state index is 0.103. The lowest BCUT2D eigenvalue weighted by Crippen LogP contribution is -2.48. The molecule has 0 aromatic rings. The molecule has 18 heavy (non-hydrogen) atoms. The monoisotopic (exact) mass is 265 g/mol. The van der Waals surface area contributed by atoms with Crippen molar-refractivity contribution in [1.82, 2.24) is 0 Å². The van der Waals surface area contributed by atoms with E-state index in [1.165, 1.54) is 0 Å². The Bertz CT molecular complexity index is 263. The molecule has 2 fully saturated rings. The van der Waals surface area contributed by atoms with Crippen LogP contribution >= 0.6 is 0 Å². The number of ether oxygens (including phenoxy) is 1. The first-order valence-electron chi connectivity index (χ1n) is 6.90. The Morgan fingerprint density at radius 2 is 1.78 bits per heavy atom. The molecule has 1 aliphatic heterocycles. The standard InChI is InChI=1S/C13H22F3NO/c14-13(15,16)11-6-2-1-5-10(11)12(17)9-4-3-7-18-8-9/h9-12H,1-8,17H2. The predicted octanol–water partition coefficient (Wildman–Crippen LogP) is 3.11. The molecule has 1 aliphatic carbocycles. The number of alkyl halides is 3. The van der Waals surface area contributed by atoms with Crippen LogP contribution in [0.4, 0.5) is 13.2 Å². The summed E-state index contributed by atoms with van der Waals surface area (Å²) in [5.41, 5.74) is 6.13. The van der Waals surface area contributed by atoms with Gasteiger partial charge in [0.25, 0.3) is 0 Å². The fourth-order valence-electron chi connectivity index (χ4n) is 3.45. The van der Waals surface area contributed by atoms with E-state index in [4.69, 9.17) is 10.5 Å². The van der Waals surface area contributed by atoms with Crippen LogP contribution in [-0.2, 0) is 4.74 Å². The van der Waals surface area contributed by atoms with Crippen molar-refractivity contribution in [2.24, 2.45) is 23.5 Å². The molecule has 4 unspecified atom stereocenters. The second-order valence-electron chi connectivity index (χ2n) is 5.65. The second kappa shape index (κ2) is 5.78. The van der Waals surface area contributed by atoms with Crippen LogP contribution in [0.15, 0.2) is 0 Å². The zero-order valence-corrected chi connectivity index (χ0v) is 10.6. The third kappa shape index (κ3) is 3.18. The Labute approximate surface area is 106 Å². The fourth-order valence-corrected chi connectivity index (χ4v) is 3.45. The molecule has 0 radical (unpaired) electrons. The van der Waals surface area contributed by atoms with Gasteiger partial charge >= 0.3 is 6.18 Å². The van der Waals surface area contributed by atoms with Gasteiger partial charge < -0.3 is 10.5 Å². The van der Waals surface area contributed by atoms with Crippen molar-refractivity contribution in [3.05, 3.63) is 0 Å². The van der Waals surface area contributed by atoms with Crippen LogP contribution in [0.2, 0.25) is 0 Å². The third-order valence-electron chi connectivity index (χ3n) is 4.47. The van der Waals surface area contributed by atoms with E-state index in [9.17, 15) is 13.2 Å².